The lowest BCUT2D eigenvalue weighted by atomic mass is 10.1. The highest BCUT2D eigenvalue weighted by atomic mass is 19.1. The molecule has 0 aromatic heterocycles. The molecule has 0 fully saturated rings. The van der Waals surface area contributed by atoms with Crippen LogP contribution in [0.4, 0.5) is 4.39 Å². The largest absolute Gasteiger partial charge is 0.486 e. The van der Waals surface area contributed by atoms with Crippen molar-refractivity contribution >= 4 is 0 Å². The van der Waals surface area contributed by atoms with Gasteiger partial charge in [0.2, 0.25) is 0 Å². The summed E-state index contributed by atoms with van der Waals surface area (Å²) in [6, 6.07) is 4.60. The molecule has 0 aliphatic heterocycles. The molecule has 2 N–H and O–H groups in total. The smallest absolute Gasteiger partial charge is 0.131 e. The zero-order valence-corrected chi connectivity index (χ0v) is 10.0. The van der Waals surface area contributed by atoms with Crippen LogP contribution in [0.5, 0.6) is 5.75 Å². The number of rotatable bonds is 3. The molecule has 3 heteroatoms. The van der Waals surface area contributed by atoms with Gasteiger partial charge in [0.1, 0.15) is 17.7 Å². The summed E-state index contributed by atoms with van der Waals surface area (Å²) >= 11 is 0. The van der Waals surface area contributed by atoms with E-state index in [4.69, 9.17) is 10.5 Å². The number of benzene rings is 1. The standard InChI is InChI=1S/C14H18FNO/c1-10(16)13-8-7-12(9-14(13)15)17-11-5-3-2-4-6-11/h3,5,7-11H,2,4,6,16H2,1H3/t10-,11?/m0/s1. The van der Waals surface area contributed by atoms with Crippen LogP contribution in [-0.4, -0.2) is 6.10 Å². The van der Waals surface area contributed by atoms with Crippen molar-refractivity contribution in [3.63, 3.8) is 0 Å². The molecule has 0 spiro atoms. The van der Waals surface area contributed by atoms with Gasteiger partial charge in [-0.25, -0.2) is 4.39 Å². The summed E-state index contributed by atoms with van der Waals surface area (Å²) in [6.07, 6.45) is 7.46. The van der Waals surface area contributed by atoms with Gasteiger partial charge in [0.05, 0.1) is 0 Å². The minimum Gasteiger partial charge on any atom is -0.486 e. The molecular weight excluding hydrogens is 217 g/mol. The molecule has 1 aliphatic rings. The summed E-state index contributed by atoms with van der Waals surface area (Å²) < 4.78 is 19.4. The molecule has 0 saturated heterocycles. The topological polar surface area (TPSA) is 35.2 Å². The van der Waals surface area contributed by atoms with Gasteiger partial charge in [-0.1, -0.05) is 12.1 Å². The van der Waals surface area contributed by atoms with E-state index >= 15 is 0 Å². The van der Waals surface area contributed by atoms with Gasteiger partial charge in [0.15, 0.2) is 0 Å². The lowest BCUT2D eigenvalue weighted by molar-refractivity contribution is 0.229. The normalized spacial score (nSPS) is 21.2. The van der Waals surface area contributed by atoms with Crippen LogP contribution in [0.3, 0.4) is 0 Å². The van der Waals surface area contributed by atoms with Gasteiger partial charge < -0.3 is 10.5 Å². The summed E-state index contributed by atoms with van der Waals surface area (Å²) in [5.41, 5.74) is 6.18. The van der Waals surface area contributed by atoms with E-state index in [1.54, 1.807) is 19.1 Å². The first-order valence-electron chi connectivity index (χ1n) is 6.05. The number of hydrogen-bond donors (Lipinski definition) is 1. The minimum atomic E-state index is -0.294. The van der Waals surface area contributed by atoms with E-state index in [9.17, 15) is 4.39 Å². The second-order valence-corrected chi connectivity index (χ2v) is 4.49. The monoisotopic (exact) mass is 235 g/mol. The number of halogens is 1. The molecule has 1 aromatic carbocycles. The van der Waals surface area contributed by atoms with Crippen LogP contribution in [0.2, 0.25) is 0 Å². The van der Waals surface area contributed by atoms with Crippen LogP contribution in [0.25, 0.3) is 0 Å². The van der Waals surface area contributed by atoms with E-state index in [1.165, 1.54) is 6.07 Å². The van der Waals surface area contributed by atoms with Crippen molar-refractivity contribution in [2.45, 2.75) is 38.3 Å². The van der Waals surface area contributed by atoms with E-state index in [2.05, 4.69) is 6.08 Å². The van der Waals surface area contributed by atoms with Crippen molar-refractivity contribution in [1.82, 2.24) is 0 Å². The predicted octanol–water partition coefficient (Wildman–Crippen LogP) is 3.33. The third kappa shape index (κ3) is 3.07. The molecule has 1 aromatic rings. The van der Waals surface area contributed by atoms with Gasteiger partial charge in [-0.2, -0.15) is 0 Å². The Hall–Kier alpha value is -1.35. The number of ether oxygens (including phenoxy) is 1. The lowest BCUT2D eigenvalue weighted by Gasteiger charge is -2.19. The van der Waals surface area contributed by atoms with Gasteiger partial charge in [-0.3, -0.25) is 0 Å². The Balaban J connectivity index is 2.09. The average Bonchev–Trinajstić information content (AvgIpc) is 2.30. The highest BCUT2D eigenvalue weighted by Gasteiger charge is 2.12. The zero-order valence-electron chi connectivity index (χ0n) is 10.0. The third-order valence-electron chi connectivity index (χ3n) is 2.96. The van der Waals surface area contributed by atoms with E-state index in [-0.39, 0.29) is 18.0 Å². The molecule has 2 atom stereocenters. The van der Waals surface area contributed by atoms with Gasteiger partial charge in [0, 0.05) is 17.7 Å². The highest BCUT2D eigenvalue weighted by Crippen LogP contribution is 2.23. The molecule has 0 radical (unpaired) electrons. The van der Waals surface area contributed by atoms with Crippen molar-refractivity contribution in [2.75, 3.05) is 0 Å². The summed E-state index contributed by atoms with van der Waals surface area (Å²) in [5.74, 6) is 0.278. The molecule has 1 aliphatic carbocycles. The van der Waals surface area contributed by atoms with Gasteiger partial charge >= 0.3 is 0 Å². The predicted molar refractivity (Wildman–Crippen MR) is 66.4 cm³/mol. The van der Waals surface area contributed by atoms with Gasteiger partial charge in [0.25, 0.3) is 0 Å². The van der Waals surface area contributed by atoms with Crippen LogP contribution < -0.4 is 10.5 Å². The Kier molecular flexibility index (Phi) is 3.79. The highest BCUT2D eigenvalue weighted by molar-refractivity contribution is 5.31. The maximum absolute atomic E-state index is 13.7. The molecular formula is C14H18FNO. The number of hydrogen-bond acceptors (Lipinski definition) is 2. The van der Waals surface area contributed by atoms with Crippen LogP contribution in [0.1, 0.15) is 37.8 Å². The molecule has 92 valence electrons. The Labute approximate surface area is 101 Å². The maximum atomic E-state index is 13.7. The fourth-order valence-electron chi connectivity index (χ4n) is 2.00. The summed E-state index contributed by atoms with van der Waals surface area (Å²) in [5, 5.41) is 0. The quantitative estimate of drug-likeness (QED) is 0.815. The minimum absolute atomic E-state index is 0.0734. The van der Waals surface area contributed by atoms with Crippen LogP contribution in [0.15, 0.2) is 30.4 Å². The fraction of sp³-hybridized carbons (Fsp3) is 0.429. The second kappa shape index (κ2) is 5.32. The van der Waals surface area contributed by atoms with Crippen molar-refractivity contribution < 1.29 is 9.13 Å². The van der Waals surface area contributed by atoms with Crippen molar-refractivity contribution in [3.05, 3.63) is 41.7 Å². The zero-order chi connectivity index (χ0) is 12.3. The summed E-state index contributed by atoms with van der Waals surface area (Å²) in [6.45, 7) is 1.77. The van der Waals surface area contributed by atoms with Gasteiger partial charge in [-0.05, 0) is 38.3 Å². The van der Waals surface area contributed by atoms with E-state index in [1.807, 2.05) is 6.08 Å². The van der Waals surface area contributed by atoms with E-state index in [0.717, 1.165) is 19.3 Å². The van der Waals surface area contributed by atoms with Crippen LogP contribution in [-0.2, 0) is 0 Å². The van der Waals surface area contributed by atoms with Gasteiger partial charge in [-0.15, -0.1) is 0 Å². The number of allylic oxidation sites excluding steroid dienone is 1. The van der Waals surface area contributed by atoms with Crippen LogP contribution >= 0.6 is 0 Å². The van der Waals surface area contributed by atoms with Crippen molar-refractivity contribution in [2.24, 2.45) is 5.73 Å². The third-order valence-corrected chi connectivity index (χ3v) is 2.96. The van der Waals surface area contributed by atoms with E-state index < -0.39 is 0 Å². The molecule has 0 bridgehead atoms. The summed E-state index contributed by atoms with van der Waals surface area (Å²) in [7, 11) is 0. The van der Waals surface area contributed by atoms with Crippen molar-refractivity contribution in [3.8, 4) is 5.75 Å². The number of nitrogens with two attached hydrogens (primary N) is 1. The van der Waals surface area contributed by atoms with Crippen molar-refractivity contribution in [1.29, 1.82) is 0 Å². The Morgan fingerprint density at radius 2 is 2.29 bits per heavy atom. The molecule has 0 heterocycles. The first-order valence-corrected chi connectivity index (χ1v) is 6.05. The van der Waals surface area contributed by atoms with Crippen LogP contribution in [0, 0.1) is 5.82 Å². The molecule has 1 unspecified atom stereocenters. The second-order valence-electron chi connectivity index (χ2n) is 4.49. The Bertz CT molecular complexity index is 415. The molecule has 2 rings (SSSR count). The first-order chi connectivity index (χ1) is 8.16. The Morgan fingerprint density at radius 1 is 1.47 bits per heavy atom. The van der Waals surface area contributed by atoms with E-state index in [0.29, 0.717) is 11.3 Å². The molecule has 0 saturated carbocycles. The first kappa shape index (κ1) is 12.1. The lowest BCUT2D eigenvalue weighted by Crippen LogP contribution is -2.16. The Morgan fingerprint density at radius 3 is 2.88 bits per heavy atom. The average molecular weight is 235 g/mol. The maximum Gasteiger partial charge on any atom is 0.131 e. The fourth-order valence-corrected chi connectivity index (χ4v) is 2.00. The SMILES string of the molecule is C[C@H](N)c1ccc(OC2C=CCCC2)cc1F. The summed E-state index contributed by atoms with van der Waals surface area (Å²) in [4.78, 5) is 0. The molecule has 2 nitrogen and oxygen atoms in total. The molecule has 0 amide bonds. The molecule has 17 heavy (non-hydrogen) atoms.